The fraction of sp³-hybridized carbons (Fsp3) is 1.00. The Morgan fingerprint density at radius 2 is 1.09 bits per heavy atom. The summed E-state index contributed by atoms with van der Waals surface area (Å²) in [7, 11) is 0. The Bertz CT molecular complexity index is 490. The van der Waals surface area contributed by atoms with Crippen LogP contribution in [0.2, 0.25) is 12.8 Å². The standard InChI is InChI=1S/2C10H17.CH3.HI.Sn/c2*1-9(2)8-4-6-10(9,3)7-5-8;;;/h2*6,8H,4-5,7H2,1-3H3;1H3;1H;/q;;;;+1/p-1/t2*8-,10+;;;/m00.../s1. The van der Waals surface area contributed by atoms with E-state index in [1.54, 1.807) is 12.8 Å². The molecule has 0 N–H and O–H groups in total. The van der Waals surface area contributed by atoms with Gasteiger partial charge in [0.25, 0.3) is 0 Å². The van der Waals surface area contributed by atoms with E-state index in [1.165, 1.54) is 25.7 Å². The molecule has 4 bridgehead atoms. The Morgan fingerprint density at radius 1 is 0.739 bits per heavy atom. The van der Waals surface area contributed by atoms with Crippen LogP contribution in [0.25, 0.3) is 0 Å². The van der Waals surface area contributed by atoms with Gasteiger partial charge < -0.3 is 0 Å². The molecule has 4 fully saturated rings. The summed E-state index contributed by atoms with van der Waals surface area (Å²) in [5.74, 6) is 2.06. The molecule has 0 aliphatic heterocycles. The van der Waals surface area contributed by atoms with Crippen molar-refractivity contribution in [2.45, 2.75) is 92.9 Å². The summed E-state index contributed by atoms with van der Waals surface area (Å²) < 4.78 is 2.26. The van der Waals surface area contributed by atoms with Gasteiger partial charge in [0.05, 0.1) is 0 Å². The van der Waals surface area contributed by atoms with Crippen LogP contribution in [0.15, 0.2) is 0 Å². The van der Waals surface area contributed by atoms with E-state index in [-0.39, 0.29) is 0 Å². The topological polar surface area (TPSA) is 0 Å². The minimum atomic E-state index is -2.20. The van der Waals surface area contributed by atoms with Gasteiger partial charge in [0.2, 0.25) is 0 Å². The van der Waals surface area contributed by atoms with Crippen LogP contribution in [0, 0.1) is 33.5 Å². The van der Waals surface area contributed by atoms with Crippen molar-refractivity contribution in [3.05, 3.63) is 0 Å². The zero-order valence-electron chi connectivity index (χ0n) is 16.4. The molecule has 23 heavy (non-hydrogen) atoms. The zero-order chi connectivity index (χ0) is 17.1. The third-order valence-electron chi connectivity index (χ3n) is 11.0. The third kappa shape index (κ3) is 1.91. The summed E-state index contributed by atoms with van der Waals surface area (Å²) in [5, 5.41) is 0. The number of hydrogen-bond acceptors (Lipinski definition) is 0. The molecular weight excluding hydrogens is 498 g/mol. The first kappa shape index (κ1) is 17.9. The molecule has 4 rings (SSSR count). The quantitative estimate of drug-likeness (QED) is 0.255. The maximum absolute atomic E-state index is 3.16. The molecule has 0 spiro atoms. The molecule has 6 atom stereocenters. The first-order valence-electron chi connectivity index (χ1n) is 10.1. The fourth-order valence-electron chi connectivity index (χ4n) is 8.36. The van der Waals surface area contributed by atoms with E-state index in [4.69, 9.17) is 0 Å². The predicted molar refractivity (Wildman–Crippen MR) is 112 cm³/mol. The second-order valence-corrected chi connectivity index (χ2v) is 37.6. The Morgan fingerprint density at radius 3 is 1.30 bits per heavy atom. The number of fused-ring (bicyclic) bond motifs is 4. The molecule has 2 heteroatoms. The summed E-state index contributed by atoms with van der Waals surface area (Å²) in [5.41, 5.74) is 2.53. The van der Waals surface area contributed by atoms with Crippen LogP contribution in [0.5, 0.6) is 0 Å². The Labute approximate surface area is 158 Å². The van der Waals surface area contributed by atoms with E-state index in [1.807, 2.05) is 0 Å². The van der Waals surface area contributed by atoms with Crippen molar-refractivity contribution in [3.63, 3.8) is 0 Å². The summed E-state index contributed by atoms with van der Waals surface area (Å²) >= 11 is 0.959. The molecule has 0 heterocycles. The van der Waals surface area contributed by atoms with Gasteiger partial charge in [-0.05, 0) is 0 Å². The van der Waals surface area contributed by atoms with Gasteiger partial charge >= 0.3 is 159 Å². The average Bonchev–Trinajstić information content (AvgIpc) is 2.96. The van der Waals surface area contributed by atoms with Crippen molar-refractivity contribution in [3.8, 4) is 0 Å². The van der Waals surface area contributed by atoms with Gasteiger partial charge in [0.15, 0.2) is 0 Å². The molecule has 0 aromatic carbocycles. The van der Waals surface area contributed by atoms with Crippen molar-refractivity contribution in [2.75, 3.05) is 0 Å². The zero-order valence-corrected chi connectivity index (χ0v) is 21.4. The molecule has 0 unspecified atom stereocenters. The molecule has 0 aromatic rings. The van der Waals surface area contributed by atoms with Crippen molar-refractivity contribution in [2.24, 2.45) is 33.5 Å². The van der Waals surface area contributed by atoms with Crippen LogP contribution in [0.1, 0.15) is 80.1 Å². The summed E-state index contributed by atoms with van der Waals surface area (Å²) in [6, 6.07) is 0. The molecule has 132 valence electrons. The van der Waals surface area contributed by atoms with E-state index < -0.39 is 14.4 Å². The van der Waals surface area contributed by atoms with Gasteiger partial charge in [-0.2, -0.15) is 0 Å². The summed E-state index contributed by atoms with van der Waals surface area (Å²) in [6.07, 6.45) is 9.29. The molecule has 0 nitrogen and oxygen atoms in total. The van der Waals surface area contributed by atoms with Gasteiger partial charge in [-0.1, -0.05) is 0 Å². The van der Waals surface area contributed by atoms with Crippen molar-refractivity contribution in [1.82, 2.24) is 0 Å². The first-order valence-corrected chi connectivity index (χ1v) is 24.5. The molecule has 0 saturated heterocycles. The minimum absolute atomic E-state index is 0.606. The Hall–Kier alpha value is 1.53. The molecule has 4 saturated carbocycles. The van der Waals surface area contributed by atoms with Gasteiger partial charge in [-0.25, -0.2) is 0 Å². The van der Waals surface area contributed by atoms with Crippen LogP contribution in [-0.4, -0.2) is 14.4 Å². The van der Waals surface area contributed by atoms with E-state index in [0.29, 0.717) is 21.7 Å². The van der Waals surface area contributed by atoms with E-state index in [9.17, 15) is 0 Å². The Kier molecular flexibility index (Phi) is 3.79. The van der Waals surface area contributed by atoms with Crippen molar-refractivity contribution >= 4 is 33.0 Å². The second kappa shape index (κ2) is 4.87. The second-order valence-electron chi connectivity index (χ2n) is 11.5. The fourth-order valence-corrected chi connectivity index (χ4v) is 36.7. The number of rotatable bonds is 2. The van der Waals surface area contributed by atoms with Gasteiger partial charge in [0.1, 0.15) is 0 Å². The normalized spacial score (nSPS) is 53.2. The predicted octanol–water partition coefficient (Wildman–Crippen LogP) is 7.43. The third-order valence-corrected chi connectivity index (χ3v) is 33.8. The van der Waals surface area contributed by atoms with Crippen LogP contribution in [-0.2, 0) is 0 Å². The molecule has 0 amide bonds. The van der Waals surface area contributed by atoms with E-state index in [0.717, 1.165) is 19.7 Å². The van der Waals surface area contributed by atoms with Crippen LogP contribution in [0.4, 0.5) is 0 Å². The number of halogens is 1. The van der Waals surface area contributed by atoms with Gasteiger partial charge in [-0.3, -0.25) is 0 Å². The molecular formula is C21H37ISn. The van der Waals surface area contributed by atoms with Crippen LogP contribution >= 0.6 is 18.6 Å². The van der Waals surface area contributed by atoms with Crippen molar-refractivity contribution in [1.29, 1.82) is 0 Å². The van der Waals surface area contributed by atoms with E-state index in [2.05, 4.69) is 65.1 Å². The molecule has 0 aromatic heterocycles. The Balaban J connectivity index is 1.71. The SMILES string of the molecule is CC1(C)[C@@H]2CC[C@@]1(C)[C@@H]([Sn]([CH3])([I])[C@H]1C[C@H]3CC[C@]1(C)C3(C)C)C2. The van der Waals surface area contributed by atoms with Gasteiger partial charge in [0, 0.05) is 0 Å². The van der Waals surface area contributed by atoms with Crippen molar-refractivity contribution < 1.29 is 0 Å². The summed E-state index contributed by atoms with van der Waals surface area (Å²) in [4.78, 5) is 2.87. The first-order chi connectivity index (χ1) is 10.4. The number of hydrogen-bond donors (Lipinski definition) is 0. The molecule has 0 radical (unpaired) electrons. The van der Waals surface area contributed by atoms with Gasteiger partial charge in [-0.15, -0.1) is 0 Å². The van der Waals surface area contributed by atoms with Crippen LogP contribution < -0.4 is 0 Å². The maximum atomic E-state index is 3.16. The monoisotopic (exact) mass is 536 g/mol. The van der Waals surface area contributed by atoms with E-state index >= 15 is 0 Å². The van der Waals surface area contributed by atoms with Crippen LogP contribution in [0.3, 0.4) is 0 Å². The average molecular weight is 535 g/mol. The molecule has 4 aliphatic rings. The molecule has 4 aliphatic carbocycles. The summed E-state index contributed by atoms with van der Waals surface area (Å²) in [6.45, 7) is 15.9.